The minimum Gasteiger partial charge on any atom is -0.399 e. The smallest absolute Gasteiger partial charge is 0.253 e. The SMILES string of the molecule is CN(C(=O)c1cc(N)cc(N)c1)C1CC1. The van der Waals surface area contributed by atoms with Crippen LogP contribution in [0.3, 0.4) is 0 Å². The minimum atomic E-state index is -0.00324. The molecule has 1 aliphatic rings. The van der Waals surface area contributed by atoms with Crippen molar-refractivity contribution in [3.63, 3.8) is 0 Å². The Kier molecular flexibility index (Phi) is 2.26. The summed E-state index contributed by atoms with van der Waals surface area (Å²) in [5, 5.41) is 0. The van der Waals surface area contributed by atoms with E-state index < -0.39 is 0 Å². The molecule has 4 nitrogen and oxygen atoms in total. The summed E-state index contributed by atoms with van der Waals surface area (Å²) in [5.74, 6) is -0.00324. The van der Waals surface area contributed by atoms with Crippen LogP contribution in [0.1, 0.15) is 23.2 Å². The van der Waals surface area contributed by atoms with Gasteiger partial charge in [-0.05, 0) is 31.0 Å². The maximum Gasteiger partial charge on any atom is 0.253 e. The lowest BCUT2D eigenvalue weighted by atomic mass is 10.1. The molecular formula is C11H15N3O. The fourth-order valence-electron chi connectivity index (χ4n) is 1.63. The van der Waals surface area contributed by atoms with Gasteiger partial charge >= 0.3 is 0 Å². The topological polar surface area (TPSA) is 72.3 Å². The Morgan fingerprint density at radius 3 is 2.27 bits per heavy atom. The van der Waals surface area contributed by atoms with Crippen molar-refractivity contribution in [2.75, 3.05) is 18.5 Å². The third-order valence-corrected chi connectivity index (χ3v) is 2.64. The monoisotopic (exact) mass is 205 g/mol. The first-order valence-corrected chi connectivity index (χ1v) is 5.01. The largest absolute Gasteiger partial charge is 0.399 e. The van der Waals surface area contributed by atoms with Gasteiger partial charge in [0.2, 0.25) is 0 Å². The number of hydrogen-bond acceptors (Lipinski definition) is 3. The molecule has 0 spiro atoms. The first-order chi connectivity index (χ1) is 7.08. The summed E-state index contributed by atoms with van der Waals surface area (Å²) in [4.78, 5) is 13.7. The minimum absolute atomic E-state index is 0.00324. The molecule has 1 aromatic rings. The zero-order chi connectivity index (χ0) is 11.0. The molecule has 0 radical (unpaired) electrons. The molecule has 0 unspecified atom stereocenters. The number of nitrogen functional groups attached to an aromatic ring is 2. The van der Waals surface area contributed by atoms with E-state index in [-0.39, 0.29) is 5.91 Å². The van der Waals surface area contributed by atoms with E-state index in [0.29, 0.717) is 23.0 Å². The number of carbonyl (C=O) groups is 1. The van der Waals surface area contributed by atoms with Crippen molar-refractivity contribution < 1.29 is 4.79 Å². The standard InChI is InChI=1S/C11H15N3O/c1-14(10-2-3-10)11(15)7-4-8(12)6-9(13)5-7/h4-6,10H,2-3,12-13H2,1H3. The molecule has 1 aromatic carbocycles. The molecule has 80 valence electrons. The van der Waals surface area contributed by atoms with Crippen LogP contribution in [0.2, 0.25) is 0 Å². The van der Waals surface area contributed by atoms with Gasteiger partial charge in [-0.3, -0.25) is 4.79 Å². The van der Waals surface area contributed by atoms with Gasteiger partial charge in [-0.1, -0.05) is 0 Å². The van der Waals surface area contributed by atoms with Gasteiger partial charge in [-0.15, -0.1) is 0 Å². The van der Waals surface area contributed by atoms with Gasteiger partial charge in [0.25, 0.3) is 5.91 Å². The zero-order valence-electron chi connectivity index (χ0n) is 8.73. The number of carbonyl (C=O) groups excluding carboxylic acids is 1. The van der Waals surface area contributed by atoms with Crippen molar-refractivity contribution in [2.24, 2.45) is 0 Å². The molecule has 0 atom stereocenters. The van der Waals surface area contributed by atoms with Crippen molar-refractivity contribution in [1.82, 2.24) is 4.90 Å². The van der Waals surface area contributed by atoms with Crippen LogP contribution in [0.5, 0.6) is 0 Å². The lowest BCUT2D eigenvalue weighted by Gasteiger charge is -2.16. The molecular weight excluding hydrogens is 190 g/mol. The maximum absolute atomic E-state index is 11.9. The van der Waals surface area contributed by atoms with Crippen molar-refractivity contribution in [1.29, 1.82) is 0 Å². The van der Waals surface area contributed by atoms with Crippen LogP contribution in [-0.2, 0) is 0 Å². The molecule has 0 aromatic heterocycles. The molecule has 1 fully saturated rings. The Bertz CT molecular complexity index is 379. The molecule has 0 bridgehead atoms. The Hall–Kier alpha value is -1.71. The quantitative estimate of drug-likeness (QED) is 0.710. The van der Waals surface area contributed by atoms with Crippen molar-refractivity contribution in [2.45, 2.75) is 18.9 Å². The number of nitrogens with zero attached hydrogens (tertiary/aromatic N) is 1. The highest BCUT2D eigenvalue weighted by atomic mass is 16.2. The summed E-state index contributed by atoms with van der Waals surface area (Å²) < 4.78 is 0. The van der Waals surface area contributed by atoms with Crippen LogP contribution >= 0.6 is 0 Å². The van der Waals surface area contributed by atoms with Crippen LogP contribution in [-0.4, -0.2) is 23.9 Å². The molecule has 2 rings (SSSR count). The molecule has 0 saturated heterocycles. The van der Waals surface area contributed by atoms with Gasteiger partial charge in [0.05, 0.1) is 0 Å². The number of amides is 1. The lowest BCUT2D eigenvalue weighted by molar-refractivity contribution is 0.0785. The Labute approximate surface area is 88.9 Å². The molecule has 1 amide bonds. The van der Waals surface area contributed by atoms with E-state index in [1.54, 1.807) is 23.1 Å². The molecule has 0 heterocycles. The molecule has 15 heavy (non-hydrogen) atoms. The third-order valence-electron chi connectivity index (χ3n) is 2.64. The molecule has 4 N–H and O–H groups in total. The van der Waals surface area contributed by atoms with Crippen molar-refractivity contribution in [3.8, 4) is 0 Å². The number of nitrogens with two attached hydrogens (primary N) is 2. The van der Waals surface area contributed by atoms with Crippen LogP contribution in [0.4, 0.5) is 11.4 Å². The summed E-state index contributed by atoms with van der Waals surface area (Å²) in [6.07, 6.45) is 2.19. The molecule has 1 aliphatic carbocycles. The summed E-state index contributed by atoms with van der Waals surface area (Å²) in [5.41, 5.74) is 12.9. The van der Waals surface area contributed by atoms with Gasteiger partial charge in [-0.2, -0.15) is 0 Å². The molecule has 4 heteroatoms. The highest BCUT2D eigenvalue weighted by molar-refractivity contribution is 5.96. The van der Waals surface area contributed by atoms with E-state index in [1.807, 2.05) is 7.05 Å². The van der Waals surface area contributed by atoms with Crippen LogP contribution < -0.4 is 11.5 Å². The summed E-state index contributed by atoms with van der Waals surface area (Å²) in [6.45, 7) is 0. The predicted octanol–water partition coefficient (Wildman–Crippen LogP) is 1.09. The summed E-state index contributed by atoms with van der Waals surface area (Å²) in [6, 6.07) is 5.38. The van der Waals surface area contributed by atoms with Crippen molar-refractivity contribution >= 4 is 17.3 Å². The lowest BCUT2D eigenvalue weighted by Crippen LogP contribution is -2.28. The second kappa shape index (κ2) is 3.46. The number of anilines is 2. The van der Waals surface area contributed by atoms with E-state index in [4.69, 9.17) is 11.5 Å². The summed E-state index contributed by atoms with van der Waals surface area (Å²) in [7, 11) is 1.82. The van der Waals surface area contributed by atoms with E-state index in [9.17, 15) is 4.79 Å². The first kappa shape index (κ1) is 9.83. The third kappa shape index (κ3) is 2.03. The Morgan fingerprint density at radius 2 is 1.80 bits per heavy atom. The number of benzene rings is 1. The van der Waals surface area contributed by atoms with Crippen molar-refractivity contribution in [3.05, 3.63) is 23.8 Å². The molecule has 1 saturated carbocycles. The average molecular weight is 205 g/mol. The highest BCUT2D eigenvalue weighted by Crippen LogP contribution is 2.27. The molecule has 0 aliphatic heterocycles. The highest BCUT2D eigenvalue weighted by Gasteiger charge is 2.30. The van der Waals surface area contributed by atoms with Gasteiger partial charge in [0.1, 0.15) is 0 Å². The number of rotatable bonds is 2. The van der Waals surface area contributed by atoms with Crippen LogP contribution in [0.15, 0.2) is 18.2 Å². The maximum atomic E-state index is 11.9. The second-order valence-corrected chi connectivity index (χ2v) is 4.04. The Morgan fingerprint density at radius 1 is 1.27 bits per heavy atom. The van der Waals surface area contributed by atoms with Gasteiger partial charge in [0.15, 0.2) is 0 Å². The Balaban J connectivity index is 2.24. The van der Waals surface area contributed by atoms with E-state index in [1.165, 1.54) is 0 Å². The second-order valence-electron chi connectivity index (χ2n) is 4.04. The van der Waals surface area contributed by atoms with E-state index in [0.717, 1.165) is 12.8 Å². The van der Waals surface area contributed by atoms with Gasteiger partial charge in [-0.25, -0.2) is 0 Å². The summed E-state index contributed by atoms with van der Waals surface area (Å²) >= 11 is 0. The normalized spacial score (nSPS) is 15.0. The van der Waals surface area contributed by atoms with Gasteiger partial charge in [0, 0.05) is 30.0 Å². The fourth-order valence-corrected chi connectivity index (χ4v) is 1.63. The van der Waals surface area contributed by atoms with E-state index in [2.05, 4.69) is 0 Å². The average Bonchev–Trinajstić information content (AvgIpc) is 2.97. The van der Waals surface area contributed by atoms with Gasteiger partial charge < -0.3 is 16.4 Å². The predicted molar refractivity (Wildman–Crippen MR) is 60.4 cm³/mol. The number of hydrogen-bond donors (Lipinski definition) is 2. The van der Waals surface area contributed by atoms with Crippen LogP contribution in [0.25, 0.3) is 0 Å². The fraction of sp³-hybridized carbons (Fsp3) is 0.364. The zero-order valence-corrected chi connectivity index (χ0v) is 8.73. The van der Waals surface area contributed by atoms with Crippen LogP contribution in [0, 0.1) is 0 Å². The first-order valence-electron chi connectivity index (χ1n) is 5.01. The van der Waals surface area contributed by atoms with E-state index >= 15 is 0 Å².